The summed E-state index contributed by atoms with van der Waals surface area (Å²) in [7, 11) is 0. The van der Waals surface area contributed by atoms with E-state index in [0.29, 0.717) is 31.6 Å². The average Bonchev–Trinajstić information content (AvgIpc) is 2.46. The van der Waals surface area contributed by atoms with Crippen molar-refractivity contribution in [3.63, 3.8) is 0 Å². The highest BCUT2D eigenvalue weighted by atomic mass is 16.6. The molecule has 0 aliphatic carbocycles. The van der Waals surface area contributed by atoms with E-state index < -0.39 is 5.60 Å². The molecule has 1 N–H and O–H groups in total. The predicted molar refractivity (Wildman–Crippen MR) is 86.4 cm³/mol. The van der Waals surface area contributed by atoms with E-state index in [1.54, 1.807) is 23.1 Å². The first kappa shape index (κ1) is 17.2. The minimum atomic E-state index is -0.564. The summed E-state index contributed by atoms with van der Waals surface area (Å²) in [5, 5.41) is 14.4. The number of ether oxygens (including phenoxy) is 1. The van der Waals surface area contributed by atoms with Crippen LogP contribution in [0.5, 0.6) is 0 Å². The van der Waals surface area contributed by atoms with Gasteiger partial charge in [0.2, 0.25) is 0 Å². The third-order valence-corrected chi connectivity index (χ3v) is 3.62. The molecule has 1 aromatic carbocycles. The minimum Gasteiger partial charge on any atom is -0.444 e. The van der Waals surface area contributed by atoms with Gasteiger partial charge in [0, 0.05) is 37.7 Å². The maximum Gasteiger partial charge on any atom is 0.410 e. The Morgan fingerprint density at radius 2 is 2.13 bits per heavy atom. The number of nitro groups is 1. The summed E-state index contributed by atoms with van der Waals surface area (Å²) >= 11 is 0. The third-order valence-electron chi connectivity index (χ3n) is 3.62. The van der Waals surface area contributed by atoms with Crippen molar-refractivity contribution in [2.24, 2.45) is 0 Å². The number of amides is 1. The number of nitrogens with zero attached hydrogens (tertiary/aromatic N) is 2. The van der Waals surface area contributed by atoms with E-state index >= 15 is 0 Å². The molecule has 1 fully saturated rings. The molecule has 1 aromatic rings. The third kappa shape index (κ3) is 4.66. The van der Waals surface area contributed by atoms with Gasteiger partial charge in [0.1, 0.15) is 5.60 Å². The molecule has 0 aromatic heterocycles. The summed E-state index contributed by atoms with van der Waals surface area (Å²) in [4.78, 5) is 24.8. The van der Waals surface area contributed by atoms with Crippen molar-refractivity contribution in [1.82, 2.24) is 10.2 Å². The van der Waals surface area contributed by atoms with E-state index in [0.717, 1.165) is 0 Å². The fourth-order valence-electron chi connectivity index (χ4n) is 2.62. The van der Waals surface area contributed by atoms with Gasteiger partial charge >= 0.3 is 6.09 Å². The van der Waals surface area contributed by atoms with E-state index in [4.69, 9.17) is 4.74 Å². The number of benzene rings is 1. The predicted octanol–water partition coefficient (Wildman–Crippen LogP) is 2.35. The number of carbonyl (C=O) groups excluding carboxylic acids is 1. The molecule has 126 valence electrons. The lowest BCUT2D eigenvalue weighted by Gasteiger charge is -2.37. The van der Waals surface area contributed by atoms with Crippen LogP contribution in [0.3, 0.4) is 0 Å². The lowest BCUT2D eigenvalue weighted by atomic mass is 10.0. The van der Waals surface area contributed by atoms with Gasteiger partial charge in [0.05, 0.1) is 11.0 Å². The molecule has 2 rings (SSSR count). The Hall–Kier alpha value is -2.15. The number of nitrogens with one attached hydrogen (secondary N) is 1. The number of hydrogen-bond acceptors (Lipinski definition) is 5. The van der Waals surface area contributed by atoms with Crippen molar-refractivity contribution in [2.45, 2.75) is 38.8 Å². The smallest absolute Gasteiger partial charge is 0.410 e. The fraction of sp³-hybridized carbons (Fsp3) is 0.562. The zero-order chi connectivity index (χ0) is 17.0. The van der Waals surface area contributed by atoms with Crippen LogP contribution in [-0.4, -0.2) is 47.2 Å². The summed E-state index contributed by atoms with van der Waals surface area (Å²) in [6.45, 7) is 7.27. The number of rotatable bonds is 3. The highest BCUT2D eigenvalue weighted by Gasteiger charge is 2.31. The first-order chi connectivity index (χ1) is 10.8. The summed E-state index contributed by atoms with van der Waals surface area (Å²) < 4.78 is 5.45. The fourth-order valence-corrected chi connectivity index (χ4v) is 2.62. The summed E-state index contributed by atoms with van der Waals surface area (Å²) in [5.41, 5.74) is 0.146. The number of para-hydroxylation sites is 1. The molecule has 1 atom stereocenters. The second kappa shape index (κ2) is 6.95. The van der Waals surface area contributed by atoms with Gasteiger partial charge in [-0.05, 0) is 20.8 Å². The van der Waals surface area contributed by atoms with Crippen LogP contribution in [0.4, 0.5) is 10.5 Å². The van der Waals surface area contributed by atoms with Crippen LogP contribution in [0.2, 0.25) is 0 Å². The molecular formula is C16H23N3O4. The van der Waals surface area contributed by atoms with Crippen molar-refractivity contribution in [1.29, 1.82) is 0 Å². The van der Waals surface area contributed by atoms with Crippen LogP contribution < -0.4 is 5.32 Å². The van der Waals surface area contributed by atoms with Crippen LogP contribution in [-0.2, 0) is 11.2 Å². The van der Waals surface area contributed by atoms with Crippen LogP contribution in [0.15, 0.2) is 24.3 Å². The van der Waals surface area contributed by atoms with Crippen LogP contribution >= 0.6 is 0 Å². The second-order valence-corrected chi connectivity index (χ2v) is 6.62. The first-order valence-electron chi connectivity index (χ1n) is 7.70. The number of hydrogen-bond donors (Lipinski definition) is 1. The second-order valence-electron chi connectivity index (χ2n) is 6.62. The maximum absolute atomic E-state index is 12.4. The molecule has 0 radical (unpaired) electrons. The Labute approximate surface area is 135 Å². The minimum absolute atomic E-state index is 0.0854. The SMILES string of the molecule is CC(C)(C)OC(=O)N1CCNCC1Cc1ccccc1[N+](=O)[O-]. The summed E-state index contributed by atoms with van der Waals surface area (Å²) in [6, 6.07) is 6.48. The lowest BCUT2D eigenvalue weighted by molar-refractivity contribution is -0.385. The molecule has 1 aliphatic rings. The van der Waals surface area contributed by atoms with Crippen LogP contribution in [0.25, 0.3) is 0 Å². The zero-order valence-electron chi connectivity index (χ0n) is 13.7. The van der Waals surface area contributed by atoms with Gasteiger partial charge in [-0.1, -0.05) is 18.2 Å². The van der Waals surface area contributed by atoms with E-state index in [9.17, 15) is 14.9 Å². The molecule has 1 aliphatic heterocycles. The van der Waals surface area contributed by atoms with Gasteiger partial charge in [-0.25, -0.2) is 4.79 Å². The largest absolute Gasteiger partial charge is 0.444 e. The van der Waals surface area contributed by atoms with Gasteiger partial charge in [0.15, 0.2) is 0 Å². The topological polar surface area (TPSA) is 84.7 Å². The van der Waals surface area contributed by atoms with Gasteiger partial charge < -0.3 is 15.0 Å². The van der Waals surface area contributed by atoms with Crippen molar-refractivity contribution in [2.75, 3.05) is 19.6 Å². The highest BCUT2D eigenvalue weighted by molar-refractivity contribution is 5.69. The molecule has 0 saturated carbocycles. The Balaban J connectivity index is 2.16. The molecule has 7 heteroatoms. The van der Waals surface area contributed by atoms with Gasteiger partial charge in [-0.15, -0.1) is 0 Å². The summed E-state index contributed by atoms with van der Waals surface area (Å²) in [6.07, 6.45) is 0.0474. The quantitative estimate of drug-likeness (QED) is 0.682. The Kier molecular flexibility index (Phi) is 5.20. The molecule has 0 spiro atoms. The lowest BCUT2D eigenvalue weighted by Crippen LogP contribution is -2.55. The zero-order valence-corrected chi connectivity index (χ0v) is 13.7. The van der Waals surface area contributed by atoms with E-state index in [-0.39, 0.29) is 22.7 Å². The van der Waals surface area contributed by atoms with E-state index in [1.165, 1.54) is 6.07 Å². The molecule has 7 nitrogen and oxygen atoms in total. The van der Waals surface area contributed by atoms with Crippen LogP contribution in [0.1, 0.15) is 26.3 Å². The standard InChI is InChI=1S/C16H23N3O4/c1-16(2,3)23-15(20)18-9-8-17-11-13(18)10-12-6-4-5-7-14(12)19(21)22/h4-7,13,17H,8-11H2,1-3H3. The molecular weight excluding hydrogens is 298 g/mol. The molecule has 0 bridgehead atoms. The monoisotopic (exact) mass is 321 g/mol. The number of carbonyl (C=O) groups is 1. The number of nitro benzene ring substituents is 1. The Bertz CT molecular complexity index is 583. The Morgan fingerprint density at radius 1 is 1.43 bits per heavy atom. The maximum atomic E-state index is 12.4. The van der Waals surface area contributed by atoms with Crippen molar-refractivity contribution in [3.8, 4) is 0 Å². The van der Waals surface area contributed by atoms with Gasteiger partial charge in [-0.2, -0.15) is 0 Å². The van der Waals surface area contributed by atoms with Crippen LogP contribution in [0, 0.1) is 10.1 Å². The van der Waals surface area contributed by atoms with Gasteiger partial charge in [0.25, 0.3) is 5.69 Å². The normalized spacial score (nSPS) is 18.6. The molecule has 1 amide bonds. The van der Waals surface area contributed by atoms with E-state index in [2.05, 4.69) is 5.32 Å². The average molecular weight is 321 g/mol. The molecule has 1 heterocycles. The summed E-state index contributed by atoms with van der Waals surface area (Å²) in [5.74, 6) is 0. The first-order valence-corrected chi connectivity index (χ1v) is 7.70. The van der Waals surface area contributed by atoms with Crippen molar-refractivity contribution >= 4 is 11.8 Å². The molecule has 23 heavy (non-hydrogen) atoms. The van der Waals surface area contributed by atoms with Crippen molar-refractivity contribution in [3.05, 3.63) is 39.9 Å². The van der Waals surface area contributed by atoms with Gasteiger partial charge in [-0.3, -0.25) is 10.1 Å². The highest BCUT2D eigenvalue weighted by Crippen LogP contribution is 2.22. The Morgan fingerprint density at radius 3 is 2.78 bits per heavy atom. The van der Waals surface area contributed by atoms with E-state index in [1.807, 2.05) is 20.8 Å². The number of piperazine rings is 1. The van der Waals surface area contributed by atoms with Crippen molar-refractivity contribution < 1.29 is 14.5 Å². The molecule has 1 unspecified atom stereocenters. The molecule has 1 saturated heterocycles.